The van der Waals surface area contributed by atoms with Crippen LogP contribution in [0.4, 0.5) is 0 Å². The predicted octanol–water partition coefficient (Wildman–Crippen LogP) is -0.382. The Morgan fingerprint density at radius 2 is 2.38 bits per heavy atom. The molecule has 0 saturated heterocycles. The number of rotatable bonds is 7. The van der Waals surface area contributed by atoms with E-state index in [9.17, 15) is 9.00 Å². The number of nitrogens with zero attached hydrogens (tertiary/aromatic N) is 4. The van der Waals surface area contributed by atoms with Gasteiger partial charge in [0.2, 0.25) is 5.16 Å². The van der Waals surface area contributed by atoms with Gasteiger partial charge in [-0.3, -0.25) is 9.00 Å². The van der Waals surface area contributed by atoms with Crippen LogP contribution in [0, 0.1) is 0 Å². The summed E-state index contributed by atoms with van der Waals surface area (Å²) in [6, 6.07) is 0. The number of aryl methyl sites for hydroxylation is 1. The number of carbonyl (C=O) groups is 1. The third kappa shape index (κ3) is 4.71. The lowest BCUT2D eigenvalue weighted by molar-refractivity contribution is -0.133. The summed E-state index contributed by atoms with van der Waals surface area (Å²) in [5.74, 6) is -0.391. The van der Waals surface area contributed by atoms with Crippen LogP contribution in [0.1, 0.15) is 6.42 Å². The van der Waals surface area contributed by atoms with Crippen molar-refractivity contribution in [2.24, 2.45) is 0 Å². The molecular formula is C7H12N4O3S2. The molecule has 1 atom stereocenters. The Balaban J connectivity index is 2.43. The van der Waals surface area contributed by atoms with Gasteiger partial charge in [-0.1, -0.05) is 11.8 Å². The Morgan fingerprint density at radius 3 is 3.00 bits per heavy atom. The number of hydrogen-bond donors (Lipinski definition) is 1. The maximum Gasteiger partial charge on any atom is 0.313 e. The van der Waals surface area contributed by atoms with Crippen molar-refractivity contribution in [2.75, 3.05) is 17.8 Å². The molecule has 0 aliphatic heterocycles. The van der Waals surface area contributed by atoms with Crippen molar-refractivity contribution in [3.63, 3.8) is 0 Å². The van der Waals surface area contributed by atoms with Gasteiger partial charge in [-0.15, -0.1) is 5.10 Å². The van der Waals surface area contributed by atoms with E-state index in [1.54, 1.807) is 6.26 Å². The second-order valence-corrected chi connectivity index (χ2v) is 5.50. The van der Waals surface area contributed by atoms with Crippen LogP contribution in [0.5, 0.6) is 0 Å². The summed E-state index contributed by atoms with van der Waals surface area (Å²) in [6.07, 6.45) is 2.34. The van der Waals surface area contributed by atoms with E-state index in [0.29, 0.717) is 23.9 Å². The van der Waals surface area contributed by atoms with Crippen molar-refractivity contribution in [1.82, 2.24) is 20.2 Å². The zero-order valence-corrected chi connectivity index (χ0v) is 10.3. The summed E-state index contributed by atoms with van der Waals surface area (Å²) in [5, 5.41) is 19.9. The zero-order chi connectivity index (χ0) is 12.0. The van der Waals surface area contributed by atoms with Crippen LogP contribution in [-0.4, -0.2) is 53.3 Å². The molecule has 0 amide bonds. The molecule has 7 nitrogen and oxygen atoms in total. The standard InChI is InChI=1S/C7H12N4O3S2/c1-16(14)4-2-3-11-7(8-9-10-11)15-5-6(12)13/h2-5H2,1H3,(H,12,13). The van der Waals surface area contributed by atoms with Gasteiger partial charge in [-0.05, 0) is 16.8 Å². The molecule has 1 rings (SSSR count). The SMILES string of the molecule is CS(=O)CCCn1nnnc1SCC(=O)O. The van der Waals surface area contributed by atoms with E-state index in [2.05, 4.69) is 15.5 Å². The Hall–Kier alpha value is -0.960. The predicted molar refractivity (Wildman–Crippen MR) is 59.7 cm³/mol. The van der Waals surface area contributed by atoms with Gasteiger partial charge in [0.1, 0.15) is 0 Å². The van der Waals surface area contributed by atoms with Crippen molar-refractivity contribution < 1.29 is 14.1 Å². The molecule has 90 valence electrons. The molecule has 1 aromatic rings. The van der Waals surface area contributed by atoms with Crippen LogP contribution >= 0.6 is 11.8 Å². The first-order valence-corrected chi connectivity index (χ1v) is 7.21. The van der Waals surface area contributed by atoms with Crippen molar-refractivity contribution >= 4 is 28.5 Å². The molecule has 0 bridgehead atoms. The number of aliphatic carboxylic acids is 1. The number of thioether (sulfide) groups is 1. The Bertz CT molecular complexity index is 381. The topological polar surface area (TPSA) is 98.0 Å². The molecular weight excluding hydrogens is 252 g/mol. The van der Waals surface area contributed by atoms with E-state index >= 15 is 0 Å². The number of hydrogen-bond acceptors (Lipinski definition) is 6. The molecule has 1 N–H and O–H groups in total. The molecule has 0 aliphatic carbocycles. The monoisotopic (exact) mass is 264 g/mol. The minimum Gasteiger partial charge on any atom is -0.481 e. The Labute approximate surface area is 99.1 Å². The maximum absolute atomic E-state index is 10.8. The highest BCUT2D eigenvalue weighted by molar-refractivity contribution is 7.99. The normalized spacial score (nSPS) is 12.6. The van der Waals surface area contributed by atoms with Crippen molar-refractivity contribution in [1.29, 1.82) is 0 Å². The summed E-state index contributed by atoms with van der Waals surface area (Å²) in [6.45, 7) is 0.550. The summed E-state index contributed by atoms with van der Waals surface area (Å²) in [7, 11) is -0.828. The first-order chi connectivity index (χ1) is 7.59. The average molecular weight is 264 g/mol. The number of tetrazole rings is 1. The summed E-state index contributed by atoms with van der Waals surface area (Å²) in [5.41, 5.74) is 0. The summed E-state index contributed by atoms with van der Waals surface area (Å²) in [4.78, 5) is 10.4. The molecule has 0 radical (unpaired) electrons. The molecule has 0 spiro atoms. The van der Waals surface area contributed by atoms with Gasteiger partial charge in [0.15, 0.2) is 0 Å². The smallest absolute Gasteiger partial charge is 0.313 e. The molecule has 16 heavy (non-hydrogen) atoms. The lowest BCUT2D eigenvalue weighted by Crippen LogP contribution is -2.07. The Morgan fingerprint density at radius 1 is 1.62 bits per heavy atom. The highest BCUT2D eigenvalue weighted by Crippen LogP contribution is 2.13. The molecule has 0 fully saturated rings. The fourth-order valence-electron chi connectivity index (χ4n) is 0.984. The Kier molecular flexibility index (Phi) is 5.39. The van der Waals surface area contributed by atoms with Gasteiger partial charge >= 0.3 is 5.97 Å². The van der Waals surface area contributed by atoms with Crippen molar-refractivity contribution in [2.45, 2.75) is 18.1 Å². The van der Waals surface area contributed by atoms with E-state index in [1.807, 2.05) is 0 Å². The van der Waals surface area contributed by atoms with Gasteiger partial charge in [0.05, 0.1) is 5.75 Å². The van der Waals surface area contributed by atoms with E-state index in [-0.39, 0.29) is 5.75 Å². The molecule has 1 unspecified atom stereocenters. The minimum absolute atomic E-state index is 0.0694. The molecule has 0 aromatic carbocycles. The molecule has 0 saturated carbocycles. The quantitative estimate of drug-likeness (QED) is 0.670. The van der Waals surface area contributed by atoms with Crippen molar-refractivity contribution in [3.05, 3.63) is 0 Å². The number of carboxylic acids is 1. The summed E-state index contributed by atoms with van der Waals surface area (Å²) >= 11 is 1.07. The largest absolute Gasteiger partial charge is 0.481 e. The van der Waals surface area contributed by atoms with E-state index in [1.165, 1.54) is 4.68 Å². The summed E-state index contributed by atoms with van der Waals surface area (Å²) < 4.78 is 12.4. The molecule has 0 aliphatic rings. The fourth-order valence-corrected chi connectivity index (χ4v) is 2.14. The first kappa shape index (κ1) is 13.1. The third-order valence-electron chi connectivity index (χ3n) is 1.63. The molecule has 9 heteroatoms. The number of aromatic nitrogens is 4. The highest BCUT2D eigenvalue weighted by atomic mass is 32.2. The highest BCUT2D eigenvalue weighted by Gasteiger charge is 2.08. The molecule has 1 heterocycles. The van der Waals surface area contributed by atoms with Crippen molar-refractivity contribution in [3.8, 4) is 0 Å². The van der Waals surface area contributed by atoms with E-state index in [4.69, 9.17) is 5.11 Å². The van der Waals surface area contributed by atoms with Crippen LogP contribution in [-0.2, 0) is 22.1 Å². The minimum atomic E-state index is -0.908. The first-order valence-electron chi connectivity index (χ1n) is 4.50. The maximum atomic E-state index is 10.8. The third-order valence-corrected chi connectivity index (χ3v) is 3.43. The fraction of sp³-hybridized carbons (Fsp3) is 0.714. The van der Waals surface area contributed by atoms with Gasteiger partial charge < -0.3 is 5.11 Å². The lowest BCUT2D eigenvalue weighted by atomic mass is 10.5. The van der Waals surface area contributed by atoms with E-state index in [0.717, 1.165) is 11.8 Å². The van der Waals surface area contributed by atoms with Crippen LogP contribution < -0.4 is 0 Å². The lowest BCUT2D eigenvalue weighted by Gasteiger charge is -2.01. The second kappa shape index (κ2) is 6.59. The van der Waals surface area contributed by atoms with Gasteiger partial charge in [-0.2, -0.15) is 0 Å². The van der Waals surface area contributed by atoms with E-state index < -0.39 is 16.8 Å². The zero-order valence-electron chi connectivity index (χ0n) is 8.70. The van der Waals surface area contributed by atoms with Crippen LogP contribution in [0.2, 0.25) is 0 Å². The average Bonchev–Trinajstić information content (AvgIpc) is 2.62. The van der Waals surface area contributed by atoms with Gasteiger partial charge in [0, 0.05) is 29.4 Å². The number of carboxylic acid groups (broad SMARTS) is 1. The van der Waals surface area contributed by atoms with Crippen LogP contribution in [0.25, 0.3) is 0 Å². The van der Waals surface area contributed by atoms with Gasteiger partial charge in [0.25, 0.3) is 0 Å². The second-order valence-electron chi connectivity index (χ2n) is 3.00. The van der Waals surface area contributed by atoms with Crippen LogP contribution in [0.15, 0.2) is 5.16 Å². The van der Waals surface area contributed by atoms with Gasteiger partial charge in [-0.25, -0.2) is 4.68 Å². The van der Waals surface area contributed by atoms with Crippen LogP contribution in [0.3, 0.4) is 0 Å². The molecule has 1 aromatic heterocycles.